The summed E-state index contributed by atoms with van der Waals surface area (Å²) in [5.74, 6) is -1.77. The minimum absolute atomic E-state index is 0.0579. The van der Waals surface area contributed by atoms with Crippen LogP contribution in [0.3, 0.4) is 0 Å². The smallest absolute Gasteiger partial charge is 0.277 e. The van der Waals surface area contributed by atoms with Crippen LogP contribution in [0.25, 0.3) is 0 Å². The fraction of sp³-hybridized carbons (Fsp3) is 0.111. The van der Waals surface area contributed by atoms with Gasteiger partial charge in [0.2, 0.25) is 11.6 Å². The molecule has 1 amide bonds. The topological polar surface area (TPSA) is 99.3 Å². The van der Waals surface area contributed by atoms with Crippen LogP contribution in [0.1, 0.15) is 30.0 Å². The van der Waals surface area contributed by atoms with Crippen molar-refractivity contribution < 1.29 is 19.1 Å². The summed E-state index contributed by atoms with van der Waals surface area (Å²) in [4.78, 5) is 38.0. The second-order valence-electron chi connectivity index (χ2n) is 2.97. The van der Waals surface area contributed by atoms with Crippen LogP contribution in [-0.4, -0.2) is 29.6 Å². The highest BCUT2D eigenvalue weighted by atomic mass is 32.1. The highest BCUT2D eigenvalue weighted by Crippen LogP contribution is 2.26. The van der Waals surface area contributed by atoms with Gasteiger partial charge in [-0.1, -0.05) is 0 Å². The maximum Gasteiger partial charge on any atom is 0.277 e. The van der Waals surface area contributed by atoms with Crippen molar-refractivity contribution in [1.29, 1.82) is 0 Å². The van der Waals surface area contributed by atoms with Gasteiger partial charge in [-0.05, 0) is 0 Å². The van der Waals surface area contributed by atoms with Crippen LogP contribution in [0.2, 0.25) is 0 Å². The third-order valence-electron chi connectivity index (χ3n) is 1.98. The van der Waals surface area contributed by atoms with Gasteiger partial charge in [0, 0.05) is 6.08 Å². The van der Waals surface area contributed by atoms with E-state index in [9.17, 15) is 14.4 Å². The third-order valence-corrected chi connectivity index (χ3v) is 3.07. The van der Waals surface area contributed by atoms with Crippen LogP contribution in [0.15, 0.2) is 11.8 Å². The second-order valence-corrected chi connectivity index (χ2v) is 3.97. The van der Waals surface area contributed by atoms with E-state index in [0.29, 0.717) is 0 Å². The molecule has 1 aliphatic rings. The molecule has 2 N–H and O–H groups in total. The summed E-state index contributed by atoms with van der Waals surface area (Å²) in [5, 5.41) is -0.0579. The number of ketones is 2. The number of rotatable bonds is 2. The molecule has 0 spiro atoms. The van der Waals surface area contributed by atoms with Crippen molar-refractivity contribution in [3.05, 3.63) is 27.4 Å². The van der Waals surface area contributed by atoms with E-state index in [1.807, 2.05) is 0 Å². The molecule has 0 bridgehead atoms. The minimum atomic E-state index is -0.765. The Bertz CT molecular complexity index is 544. The molecular formula is C9H6N2O4S. The third kappa shape index (κ3) is 1.41. The molecule has 6 nitrogen and oxygen atoms in total. The van der Waals surface area contributed by atoms with Gasteiger partial charge in [0.25, 0.3) is 5.91 Å². The Morgan fingerprint density at radius 1 is 1.50 bits per heavy atom. The molecule has 0 fully saturated rings. The average Bonchev–Trinajstić information content (AvgIpc) is 2.68. The molecule has 16 heavy (non-hydrogen) atoms. The van der Waals surface area contributed by atoms with Crippen molar-refractivity contribution in [3.63, 3.8) is 0 Å². The molecule has 1 aromatic rings. The van der Waals surface area contributed by atoms with E-state index in [-0.39, 0.29) is 21.3 Å². The summed E-state index contributed by atoms with van der Waals surface area (Å²) in [6.45, 7) is 0. The van der Waals surface area contributed by atoms with E-state index in [4.69, 9.17) is 10.5 Å². The fourth-order valence-corrected chi connectivity index (χ4v) is 2.09. The molecule has 0 atom stereocenters. The Morgan fingerprint density at radius 2 is 2.19 bits per heavy atom. The summed E-state index contributed by atoms with van der Waals surface area (Å²) in [6.07, 6.45) is 1.08. The first-order valence-electron chi connectivity index (χ1n) is 4.20. The molecule has 1 aliphatic carbocycles. The van der Waals surface area contributed by atoms with Crippen molar-refractivity contribution in [2.24, 2.45) is 5.73 Å². The summed E-state index contributed by atoms with van der Waals surface area (Å²) < 4.78 is 4.74. The zero-order valence-electron chi connectivity index (χ0n) is 8.14. The molecule has 82 valence electrons. The zero-order valence-corrected chi connectivity index (χ0v) is 8.96. The number of thiazole rings is 1. The molecule has 7 heteroatoms. The van der Waals surface area contributed by atoms with Crippen LogP contribution >= 0.6 is 11.3 Å². The number of nitrogens with two attached hydrogens (primary N) is 1. The van der Waals surface area contributed by atoms with E-state index in [1.165, 1.54) is 7.11 Å². The number of carbonyl (C=O) groups is 3. The van der Waals surface area contributed by atoms with Gasteiger partial charge in [-0.2, -0.15) is 0 Å². The molecule has 0 aromatic carbocycles. The molecule has 1 aromatic heterocycles. The molecule has 0 unspecified atom stereocenters. The number of aromatic nitrogens is 1. The number of amides is 1. The first-order chi connectivity index (χ1) is 7.54. The van der Waals surface area contributed by atoms with Crippen molar-refractivity contribution in [3.8, 4) is 0 Å². The lowest BCUT2D eigenvalue weighted by atomic mass is 10.1. The largest absolute Gasteiger partial charge is 0.492 e. The molecule has 0 radical (unpaired) electrons. The van der Waals surface area contributed by atoms with Crippen LogP contribution in [0.5, 0.6) is 0 Å². The normalized spacial score (nSPS) is 14.4. The van der Waals surface area contributed by atoms with Gasteiger partial charge in [0.05, 0.1) is 7.11 Å². The standard InChI is InChI=1S/C9H6N2O4S/c1-15-4-2-3(12)7-5(6(4)13)11-9(16-7)8(10)14/h2H,1H3,(H2,10,14). The summed E-state index contributed by atoms with van der Waals surface area (Å²) in [7, 11) is 1.28. The molecule has 0 saturated heterocycles. The van der Waals surface area contributed by atoms with Crippen LogP contribution < -0.4 is 5.73 Å². The van der Waals surface area contributed by atoms with Gasteiger partial charge in [0.15, 0.2) is 10.8 Å². The fourth-order valence-electron chi connectivity index (χ4n) is 1.26. The highest BCUT2D eigenvalue weighted by molar-refractivity contribution is 7.16. The number of primary amides is 1. The lowest BCUT2D eigenvalue weighted by Crippen LogP contribution is -2.17. The lowest BCUT2D eigenvalue weighted by Gasteiger charge is -2.07. The molecular weight excluding hydrogens is 232 g/mol. The number of ether oxygens (including phenoxy) is 1. The first-order valence-corrected chi connectivity index (χ1v) is 5.01. The number of Topliss-reactive ketones (excluding diaryl/α,β-unsaturated/α-hetero) is 1. The van der Waals surface area contributed by atoms with Crippen molar-refractivity contribution in [2.75, 3.05) is 7.11 Å². The quantitative estimate of drug-likeness (QED) is 0.790. The predicted octanol–water partition coefficient (Wildman–Crippen LogP) is 0.151. The van der Waals surface area contributed by atoms with Gasteiger partial charge >= 0.3 is 0 Å². The van der Waals surface area contributed by atoms with Gasteiger partial charge in [0.1, 0.15) is 10.6 Å². The predicted molar refractivity (Wildman–Crippen MR) is 54.4 cm³/mol. The lowest BCUT2D eigenvalue weighted by molar-refractivity contribution is 0.0914. The Balaban J connectivity index is 2.57. The monoisotopic (exact) mass is 238 g/mol. The number of methoxy groups -OCH3 is 1. The highest BCUT2D eigenvalue weighted by Gasteiger charge is 2.31. The number of nitrogens with zero attached hydrogens (tertiary/aromatic N) is 1. The summed E-state index contributed by atoms with van der Waals surface area (Å²) in [5.41, 5.74) is 4.96. The molecule has 2 rings (SSSR count). The number of hydrogen-bond acceptors (Lipinski definition) is 6. The van der Waals surface area contributed by atoms with Gasteiger partial charge in [-0.15, -0.1) is 11.3 Å². The SMILES string of the molecule is COC1=CC(=O)c2sc(C(N)=O)nc2C1=O. The number of hydrogen-bond donors (Lipinski definition) is 1. The van der Waals surface area contributed by atoms with Crippen molar-refractivity contribution >= 4 is 28.8 Å². The van der Waals surface area contributed by atoms with Crippen molar-refractivity contribution in [1.82, 2.24) is 4.98 Å². The zero-order chi connectivity index (χ0) is 11.9. The van der Waals surface area contributed by atoms with Crippen LogP contribution in [-0.2, 0) is 4.74 Å². The van der Waals surface area contributed by atoms with Gasteiger partial charge in [-0.3, -0.25) is 14.4 Å². The van der Waals surface area contributed by atoms with Gasteiger partial charge < -0.3 is 10.5 Å². The summed E-state index contributed by atoms with van der Waals surface area (Å²) in [6, 6.07) is 0. The number of carbonyl (C=O) groups excluding carboxylic acids is 3. The van der Waals surface area contributed by atoms with E-state index < -0.39 is 17.5 Å². The van der Waals surface area contributed by atoms with Crippen LogP contribution in [0.4, 0.5) is 0 Å². The van der Waals surface area contributed by atoms with E-state index >= 15 is 0 Å². The molecule has 0 aliphatic heterocycles. The summed E-state index contributed by atoms with van der Waals surface area (Å²) >= 11 is 0.812. The maximum absolute atomic E-state index is 11.7. The first kappa shape index (κ1) is 10.5. The van der Waals surface area contributed by atoms with Crippen LogP contribution in [0, 0.1) is 0 Å². The Hall–Kier alpha value is -2.02. The number of fused-ring (bicyclic) bond motifs is 1. The second kappa shape index (κ2) is 3.53. The Morgan fingerprint density at radius 3 is 2.75 bits per heavy atom. The Kier molecular flexibility index (Phi) is 2.31. The van der Waals surface area contributed by atoms with E-state index in [2.05, 4.69) is 4.98 Å². The van der Waals surface area contributed by atoms with Gasteiger partial charge in [-0.25, -0.2) is 4.98 Å². The number of allylic oxidation sites excluding steroid dienone is 2. The molecule has 1 heterocycles. The maximum atomic E-state index is 11.7. The Labute approximate surface area is 93.7 Å². The van der Waals surface area contributed by atoms with E-state index in [1.54, 1.807) is 0 Å². The average molecular weight is 238 g/mol. The molecule has 0 saturated carbocycles. The minimum Gasteiger partial charge on any atom is -0.492 e. The van der Waals surface area contributed by atoms with E-state index in [0.717, 1.165) is 17.4 Å². The van der Waals surface area contributed by atoms with Crippen molar-refractivity contribution in [2.45, 2.75) is 0 Å².